The van der Waals surface area contributed by atoms with Crippen LogP contribution in [0.4, 0.5) is 0 Å². The van der Waals surface area contributed by atoms with Crippen LogP contribution in [-0.4, -0.2) is 37.0 Å². The summed E-state index contributed by atoms with van der Waals surface area (Å²) in [5, 5.41) is 0. The molecule has 1 amide bonds. The number of carbonyl (C=O) groups is 1. The van der Waals surface area contributed by atoms with Gasteiger partial charge in [-0.25, -0.2) is 0 Å². The van der Waals surface area contributed by atoms with Crippen LogP contribution in [0.3, 0.4) is 0 Å². The van der Waals surface area contributed by atoms with Crippen LogP contribution in [0.25, 0.3) is 0 Å². The Hall–Kier alpha value is -2.24. The molecular weight excluding hydrogens is 340 g/mol. The summed E-state index contributed by atoms with van der Waals surface area (Å²) in [4.78, 5) is 13.2. The summed E-state index contributed by atoms with van der Waals surface area (Å²) < 4.78 is 11.4. The molecule has 5 nitrogen and oxygen atoms in total. The first-order valence-corrected chi connectivity index (χ1v) is 7.96. The van der Waals surface area contributed by atoms with E-state index in [9.17, 15) is 4.79 Å². The number of nitrogens with zero attached hydrogens (tertiary/aromatic N) is 1. The van der Waals surface area contributed by atoms with Gasteiger partial charge in [-0.3, -0.25) is 4.79 Å². The van der Waals surface area contributed by atoms with Crippen molar-refractivity contribution < 1.29 is 14.3 Å². The van der Waals surface area contributed by atoms with Gasteiger partial charge in [-0.05, 0) is 36.8 Å². The molecule has 0 aromatic heterocycles. The molecule has 0 unspecified atom stereocenters. The van der Waals surface area contributed by atoms with E-state index >= 15 is 0 Å². The highest BCUT2D eigenvalue weighted by Gasteiger charge is 2.12. The van der Waals surface area contributed by atoms with Crippen LogP contribution in [0.5, 0.6) is 11.5 Å². The van der Waals surface area contributed by atoms with Gasteiger partial charge in [-0.1, -0.05) is 30.3 Å². The molecule has 0 fully saturated rings. The fourth-order valence-electron chi connectivity index (χ4n) is 2.13. The minimum Gasteiger partial charge on any atom is -0.492 e. The summed E-state index contributed by atoms with van der Waals surface area (Å²) in [5.41, 5.74) is 6.69. The van der Waals surface area contributed by atoms with Gasteiger partial charge in [-0.2, -0.15) is 0 Å². The number of hydrogen-bond acceptors (Lipinski definition) is 4. The van der Waals surface area contributed by atoms with Crippen molar-refractivity contribution in [2.24, 2.45) is 5.73 Å². The van der Waals surface area contributed by atoms with Gasteiger partial charge in [-0.15, -0.1) is 12.4 Å². The number of rotatable bonds is 8. The second-order valence-electron chi connectivity index (χ2n) is 5.64. The minimum atomic E-state index is -0.490. The maximum absolute atomic E-state index is 11.6. The van der Waals surface area contributed by atoms with Crippen LogP contribution >= 0.6 is 12.4 Å². The molecule has 0 aliphatic heterocycles. The lowest BCUT2D eigenvalue weighted by Crippen LogP contribution is -2.41. The average molecular weight is 365 g/mol. The van der Waals surface area contributed by atoms with Crippen LogP contribution in [0.2, 0.25) is 0 Å². The molecule has 0 radical (unpaired) electrons. The zero-order valence-electron chi connectivity index (χ0n) is 14.6. The second kappa shape index (κ2) is 10.6. The Labute approximate surface area is 155 Å². The van der Waals surface area contributed by atoms with Crippen molar-refractivity contribution in [1.82, 2.24) is 4.90 Å². The van der Waals surface area contributed by atoms with Crippen molar-refractivity contribution >= 4 is 18.3 Å². The number of nitrogens with two attached hydrogens (primary N) is 1. The first-order chi connectivity index (χ1) is 11.6. The highest BCUT2D eigenvalue weighted by Crippen LogP contribution is 2.18. The van der Waals surface area contributed by atoms with E-state index in [1.165, 1.54) is 0 Å². The van der Waals surface area contributed by atoms with Crippen molar-refractivity contribution in [3.8, 4) is 11.5 Å². The van der Waals surface area contributed by atoms with Gasteiger partial charge in [0, 0.05) is 7.05 Å². The zero-order chi connectivity index (χ0) is 17.4. The van der Waals surface area contributed by atoms with Gasteiger partial charge in [0.2, 0.25) is 5.91 Å². The number of hydrogen-bond donors (Lipinski definition) is 1. The van der Waals surface area contributed by atoms with E-state index in [0.29, 0.717) is 19.8 Å². The van der Waals surface area contributed by atoms with E-state index in [-0.39, 0.29) is 18.3 Å². The maximum Gasteiger partial charge on any atom is 0.239 e. The normalized spacial score (nSPS) is 11.2. The quantitative estimate of drug-likeness (QED) is 0.782. The number of carbonyl (C=O) groups excluding carboxylic acids is 1. The highest BCUT2D eigenvalue weighted by atomic mass is 35.5. The molecule has 0 aliphatic carbocycles. The van der Waals surface area contributed by atoms with Crippen LogP contribution in [0.1, 0.15) is 12.5 Å². The molecule has 25 heavy (non-hydrogen) atoms. The third-order valence-electron chi connectivity index (χ3n) is 3.53. The molecule has 0 saturated heterocycles. The smallest absolute Gasteiger partial charge is 0.239 e. The molecule has 2 rings (SSSR count). The third-order valence-corrected chi connectivity index (χ3v) is 3.53. The maximum atomic E-state index is 11.6. The molecule has 2 aromatic rings. The van der Waals surface area contributed by atoms with Gasteiger partial charge in [0.05, 0.1) is 12.6 Å². The average Bonchev–Trinajstić information content (AvgIpc) is 2.61. The van der Waals surface area contributed by atoms with E-state index in [4.69, 9.17) is 15.2 Å². The SMILES string of the molecule is C[C@@H](N)C(=O)N(C)CCOc1ccc(OCc2ccccc2)cc1.Cl. The summed E-state index contributed by atoms with van der Waals surface area (Å²) in [7, 11) is 1.72. The lowest BCUT2D eigenvalue weighted by molar-refractivity contribution is -0.131. The highest BCUT2D eigenvalue weighted by molar-refractivity contribution is 5.85. The largest absolute Gasteiger partial charge is 0.492 e. The van der Waals surface area contributed by atoms with Gasteiger partial charge in [0.25, 0.3) is 0 Å². The Kier molecular flexibility index (Phi) is 8.81. The Morgan fingerprint density at radius 3 is 2.16 bits per heavy atom. The van der Waals surface area contributed by atoms with E-state index in [0.717, 1.165) is 17.1 Å². The number of amides is 1. The zero-order valence-corrected chi connectivity index (χ0v) is 15.4. The Balaban J connectivity index is 0.00000312. The molecule has 2 N–H and O–H groups in total. The number of ether oxygens (including phenoxy) is 2. The van der Waals surface area contributed by atoms with E-state index in [1.807, 2.05) is 54.6 Å². The van der Waals surface area contributed by atoms with Crippen LogP contribution in [-0.2, 0) is 11.4 Å². The molecule has 6 heteroatoms. The predicted molar refractivity (Wildman–Crippen MR) is 101 cm³/mol. The Bertz CT molecular complexity index is 633. The topological polar surface area (TPSA) is 64.8 Å². The second-order valence-corrected chi connectivity index (χ2v) is 5.64. The van der Waals surface area contributed by atoms with Gasteiger partial charge >= 0.3 is 0 Å². The summed E-state index contributed by atoms with van der Waals surface area (Å²) in [6.45, 7) is 3.12. The fraction of sp³-hybridized carbons (Fsp3) is 0.316. The van der Waals surface area contributed by atoms with Crippen LogP contribution < -0.4 is 15.2 Å². The first-order valence-electron chi connectivity index (χ1n) is 7.96. The Morgan fingerprint density at radius 2 is 1.60 bits per heavy atom. The monoisotopic (exact) mass is 364 g/mol. The van der Waals surface area contributed by atoms with Gasteiger partial charge in [0.1, 0.15) is 24.7 Å². The molecule has 2 aromatic carbocycles. The number of likely N-dealkylation sites (N-methyl/N-ethyl adjacent to an activating group) is 1. The lowest BCUT2D eigenvalue weighted by atomic mass is 10.2. The van der Waals surface area contributed by atoms with E-state index in [2.05, 4.69) is 0 Å². The fourth-order valence-corrected chi connectivity index (χ4v) is 2.13. The van der Waals surface area contributed by atoms with Crippen molar-refractivity contribution in [3.63, 3.8) is 0 Å². The minimum absolute atomic E-state index is 0. The molecule has 0 saturated carbocycles. The molecule has 0 bridgehead atoms. The molecule has 0 spiro atoms. The van der Waals surface area contributed by atoms with Crippen molar-refractivity contribution in [2.75, 3.05) is 20.2 Å². The molecule has 0 heterocycles. The van der Waals surface area contributed by atoms with E-state index in [1.54, 1.807) is 18.9 Å². The van der Waals surface area contributed by atoms with Gasteiger partial charge in [0.15, 0.2) is 0 Å². The van der Waals surface area contributed by atoms with Crippen molar-refractivity contribution in [1.29, 1.82) is 0 Å². The molecule has 0 aliphatic rings. The van der Waals surface area contributed by atoms with Crippen LogP contribution in [0, 0.1) is 0 Å². The summed E-state index contributed by atoms with van der Waals surface area (Å²) in [6.07, 6.45) is 0. The molecule has 136 valence electrons. The van der Waals surface area contributed by atoms with E-state index < -0.39 is 6.04 Å². The Morgan fingerprint density at radius 1 is 1.04 bits per heavy atom. The lowest BCUT2D eigenvalue weighted by Gasteiger charge is -2.19. The summed E-state index contributed by atoms with van der Waals surface area (Å²) >= 11 is 0. The summed E-state index contributed by atoms with van der Waals surface area (Å²) in [5.74, 6) is 1.43. The van der Waals surface area contributed by atoms with Crippen molar-refractivity contribution in [2.45, 2.75) is 19.6 Å². The van der Waals surface area contributed by atoms with Crippen molar-refractivity contribution in [3.05, 3.63) is 60.2 Å². The molecular formula is C19H25ClN2O3. The first kappa shape index (κ1) is 20.8. The van der Waals surface area contributed by atoms with Gasteiger partial charge < -0.3 is 20.1 Å². The number of halogens is 1. The standard InChI is InChI=1S/C19H24N2O3.ClH/c1-15(20)19(22)21(2)12-13-23-17-8-10-18(11-9-17)24-14-16-6-4-3-5-7-16;/h3-11,15H,12-14,20H2,1-2H3;1H/t15-;/m1./s1. The van der Waals surface area contributed by atoms with Crippen LogP contribution in [0.15, 0.2) is 54.6 Å². The number of benzene rings is 2. The molecule has 1 atom stereocenters. The third kappa shape index (κ3) is 7.03. The predicted octanol–water partition coefficient (Wildman–Crippen LogP) is 2.87. The summed E-state index contributed by atoms with van der Waals surface area (Å²) in [6, 6.07) is 17.0.